The van der Waals surface area contributed by atoms with Crippen LogP contribution in [0.5, 0.6) is 0 Å². The maximum Gasteiger partial charge on any atom is 0.0277 e. The molecule has 0 radical (unpaired) electrons. The first kappa shape index (κ1) is 15.3. The predicted molar refractivity (Wildman–Crippen MR) is 82.6 cm³/mol. The van der Waals surface area contributed by atoms with Gasteiger partial charge in [-0.2, -0.15) is 0 Å². The van der Waals surface area contributed by atoms with Crippen LogP contribution in [0, 0.1) is 0 Å². The van der Waals surface area contributed by atoms with Crippen LogP contribution in [0.25, 0.3) is 0 Å². The Hall–Kier alpha value is -0.120. The average Bonchev–Trinajstić information content (AvgIpc) is 2.97. The van der Waals surface area contributed by atoms with Crippen molar-refractivity contribution in [3.05, 3.63) is 0 Å². The minimum Gasteiger partial charge on any atom is -0.311 e. The minimum absolute atomic E-state index is 0.311. The molecule has 0 bridgehead atoms. The molecule has 0 spiro atoms. The first-order valence-corrected chi connectivity index (χ1v) is 8.02. The first-order chi connectivity index (χ1) is 8.79. The number of nitrogens with zero attached hydrogens (tertiary/aromatic N) is 2. The van der Waals surface area contributed by atoms with E-state index in [1.54, 1.807) is 0 Å². The van der Waals surface area contributed by atoms with Gasteiger partial charge in [-0.25, -0.2) is 0 Å². The van der Waals surface area contributed by atoms with Gasteiger partial charge < -0.3 is 5.32 Å². The summed E-state index contributed by atoms with van der Waals surface area (Å²) in [6.45, 7) is 17.9. The topological polar surface area (TPSA) is 18.5 Å². The average molecular weight is 267 g/mol. The van der Waals surface area contributed by atoms with Gasteiger partial charge in [-0.3, -0.25) is 9.80 Å². The summed E-state index contributed by atoms with van der Waals surface area (Å²) < 4.78 is 0. The molecule has 0 aliphatic carbocycles. The fourth-order valence-corrected chi connectivity index (χ4v) is 3.36. The van der Waals surface area contributed by atoms with E-state index in [4.69, 9.17) is 0 Å². The van der Waals surface area contributed by atoms with Gasteiger partial charge in [0.25, 0.3) is 0 Å². The lowest BCUT2D eigenvalue weighted by Crippen LogP contribution is -2.52. The number of likely N-dealkylation sites (tertiary alicyclic amines) is 2. The molecule has 2 aliphatic rings. The largest absolute Gasteiger partial charge is 0.311 e. The highest BCUT2D eigenvalue weighted by molar-refractivity contribution is 4.92. The minimum atomic E-state index is 0.311. The van der Waals surface area contributed by atoms with E-state index in [1.165, 1.54) is 45.4 Å². The third-order valence-corrected chi connectivity index (χ3v) is 4.92. The van der Waals surface area contributed by atoms with Crippen LogP contribution in [0.4, 0.5) is 0 Å². The molecule has 112 valence electrons. The van der Waals surface area contributed by atoms with Gasteiger partial charge >= 0.3 is 0 Å². The lowest BCUT2D eigenvalue weighted by Gasteiger charge is -2.37. The smallest absolute Gasteiger partial charge is 0.0277 e. The van der Waals surface area contributed by atoms with Gasteiger partial charge in [0.15, 0.2) is 0 Å². The van der Waals surface area contributed by atoms with Crippen LogP contribution in [-0.2, 0) is 0 Å². The van der Waals surface area contributed by atoms with Crippen LogP contribution in [0.3, 0.4) is 0 Å². The van der Waals surface area contributed by atoms with Crippen molar-refractivity contribution < 1.29 is 0 Å². The molecule has 3 nitrogen and oxygen atoms in total. The van der Waals surface area contributed by atoms with Crippen molar-refractivity contribution in [1.82, 2.24) is 15.1 Å². The Kier molecular flexibility index (Phi) is 4.59. The summed E-state index contributed by atoms with van der Waals surface area (Å²) in [4.78, 5) is 5.25. The van der Waals surface area contributed by atoms with Gasteiger partial charge in [0.05, 0.1) is 0 Å². The van der Waals surface area contributed by atoms with Crippen molar-refractivity contribution in [3.8, 4) is 0 Å². The highest BCUT2D eigenvalue weighted by Crippen LogP contribution is 2.23. The molecule has 1 atom stereocenters. The molecule has 2 heterocycles. The molecule has 0 unspecified atom stereocenters. The SMILES string of the molecule is CC(C)(C)N1CC[C@H](NCC(C)(C)N2CCCC2)C1. The summed E-state index contributed by atoms with van der Waals surface area (Å²) in [7, 11) is 0. The van der Waals surface area contributed by atoms with Crippen LogP contribution in [0.15, 0.2) is 0 Å². The quantitative estimate of drug-likeness (QED) is 0.843. The zero-order chi connectivity index (χ0) is 14.1. The normalized spacial score (nSPS) is 27.3. The van der Waals surface area contributed by atoms with E-state index < -0.39 is 0 Å². The molecule has 1 N–H and O–H groups in total. The summed E-state index contributed by atoms with van der Waals surface area (Å²) >= 11 is 0. The van der Waals surface area contributed by atoms with Crippen molar-refractivity contribution in [2.24, 2.45) is 0 Å². The molecule has 0 aromatic heterocycles. The number of nitrogens with one attached hydrogen (secondary N) is 1. The fraction of sp³-hybridized carbons (Fsp3) is 1.00. The second-order valence-electron chi connectivity index (χ2n) is 7.99. The highest BCUT2D eigenvalue weighted by atomic mass is 15.3. The second kappa shape index (κ2) is 5.71. The predicted octanol–water partition coefficient (Wildman–Crippen LogP) is 2.32. The van der Waals surface area contributed by atoms with Crippen LogP contribution in [0.2, 0.25) is 0 Å². The zero-order valence-electron chi connectivity index (χ0n) is 13.6. The molecule has 2 fully saturated rings. The monoisotopic (exact) mass is 267 g/mol. The molecule has 0 amide bonds. The van der Waals surface area contributed by atoms with Crippen molar-refractivity contribution in [2.45, 2.75) is 71.0 Å². The van der Waals surface area contributed by atoms with E-state index in [1.807, 2.05) is 0 Å². The van der Waals surface area contributed by atoms with Gasteiger partial charge in [-0.15, -0.1) is 0 Å². The standard InChI is InChI=1S/C16H33N3/c1-15(2,3)19-11-8-14(12-19)17-13-16(4,5)18-9-6-7-10-18/h14,17H,6-13H2,1-5H3/t14-/m0/s1. The highest BCUT2D eigenvalue weighted by Gasteiger charge is 2.33. The molecule has 0 saturated carbocycles. The number of rotatable bonds is 4. The van der Waals surface area contributed by atoms with Gasteiger partial charge in [-0.05, 0) is 67.0 Å². The maximum atomic E-state index is 3.82. The van der Waals surface area contributed by atoms with E-state index in [-0.39, 0.29) is 0 Å². The van der Waals surface area contributed by atoms with Crippen molar-refractivity contribution in [3.63, 3.8) is 0 Å². The van der Waals surface area contributed by atoms with Gasteiger partial charge in [0.1, 0.15) is 0 Å². The van der Waals surface area contributed by atoms with E-state index in [0.717, 1.165) is 6.54 Å². The molecular formula is C16H33N3. The third-order valence-electron chi connectivity index (χ3n) is 4.92. The van der Waals surface area contributed by atoms with E-state index in [9.17, 15) is 0 Å². The molecule has 2 saturated heterocycles. The first-order valence-electron chi connectivity index (χ1n) is 8.02. The Morgan fingerprint density at radius 2 is 1.58 bits per heavy atom. The molecule has 2 rings (SSSR count). The van der Waals surface area contributed by atoms with E-state index in [2.05, 4.69) is 49.7 Å². The van der Waals surface area contributed by atoms with E-state index >= 15 is 0 Å². The third kappa shape index (κ3) is 3.93. The summed E-state index contributed by atoms with van der Waals surface area (Å²) in [6, 6.07) is 0.682. The molecule has 0 aromatic carbocycles. The summed E-state index contributed by atoms with van der Waals surface area (Å²) in [5, 5.41) is 3.82. The molecular weight excluding hydrogens is 234 g/mol. The van der Waals surface area contributed by atoms with Crippen LogP contribution in [0.1, 0.15) is 53.9 Å². The van der Waals surface area contributed by atoms with Gasteiger partial charge in [-0.1, -0.05) is 0 Å². The van der Waals surface area contributed by atoms with Crippen LogP contribution >= 0.6 is 0 Å². The van der Waals surface area contributed by atoms with Crippen LogP contribution < -0.4 is 5.32 Å². The summed E-state index contributed by atoms with van der Waals surface area (Å²) in [5.74, 6) is 0. The van der Waals surface area contributed by atoms with Crippen molar-refractivity contribution >= 4 is 0 Å². The molecule has 19 heavy (non-hydrogen) atoms. The van der Waals surface area contributed by atoms with Gasteiger partial charge in [0, 0.05) is 36.8 Å². The summed E-state index contributed by atoms with van der Waals surface area (Å²) in [5.41, 5.74) is 0.632. The number of hydrogen-bond donors (Lipinski definition) is 1. The Balaban J connectivity index is 1.77. The zero-order valence-corrected chi connectivity index (χ0v) is 13.6. The fourth-order valence-electron chi connectivity index (χ4n) is 3.36. The molecule has 0 aromatic rings. The Labute approximate surface area is 119 Å². The Morgan fingerprint density at radius 3 is 2.11 bits per heavy atom. The molecule has 2 aliphatic heterocycles. The Bertz CT molecular complexity index is 287. The number of hydrogen-bond acceptors (Lipinski definition) is 3. The van der Waals surface area contributed by atoms with Gasteiger partial charge in [0.2, 0.25) is 0 Å². The summed E-state index contributed by atoms with van der Waals surface area (Å²) in [6.07, 6.45) is 4.06. The van der Waals surface area contributed by atoms with Crippen molar-refractivity contribution in [2.75, 3.05) is 32.7 Å². The molecule has 3 heteroatoms. The lowest BCUT2D eigenvalue weighted by atomic mass is 10.0. The second-order valence-corrected chi connectivity index (χ2v) is 7.99. The maximum absolute atomic E-state index is 3.82. The lowest BCUT2D eigenvalue weighted by molar-refractivity contribution is 0.142. The van der Waals surface area contributed by atoms with Crippen molar-refractivity contribution in [1.29, 1.82) is 0 Å². The van der Waals surface area contributed by atoms with Crippen LogP contribution in [-0.4, -0.2) is 59.6 Å². The Morgan fingerprint density at radius 1 is 0.947 bits per heavy atom. The van der Waals surface area contributed by atoms with E-state index in [0.29, 0.717) is 17.1 Å².